The second-order valence-electron chi connectivity index (χ2n) is 4.22. The highest BCUT2D eigenvalue weighted by molar-refractivity contribution is 6.31. The predicted octanol–water partition coefficient (Wildman–Crippen LogP) is 4.52. The molecule has 0 bridgehead atoms. The number of halogens is 4. The molecule has 8 heteroatoms. The monoisotopic (exact) mass is 316 g/mol. The first-order chi connectivity index (χ1) is 9.70. The van der Waals surface area contributed by atoms with Gasteiger partial charge >= 0.3 is 6.18 Å². The number of anilines is 1. The molecule has 2 N–H and O–H groups in total. The van der Waals surface area contributed by atoms with Crippen molar-refractivity contribution in [3.63, 3.8) is 0 Å². The number of hydrogen-bond donors (Lipinski definition) is 1. The number of nitro benzene ring substituents is 1. The Morgan fingerprint density at radius 2 is 1.67 bits per heavy atom. The van der Waals surface area contributed by atoms with Crippen molar-refractivity contribution in [3.05, 3.63) is 57.1 Å². The topological polar surface area (TPSA) is 69.2 Å². The summed E-state index contributed by atoms with van der Waals surface area (Å²) in [5.74, 6) is 0. The highest BCUT2D eigenvalue weighted by Crippen LogP contribution is 2.37. The number of nitrogen functional groups attached to an aromatic ring is 1. The van der Waals surface area contributed by atoms with Crippen LogP contribution >= 0.6 is 11.6 Å². The van der Waals surface area contributed by atoms with E-state index in [-0.39, 0.29) is 11.4 Å². The molecule has 0 aliphatic carbocycles. The summed E-state index contributed by atoms with van der Waals surface area (Å²) < 4.78 is 37.8. The van der Waals surface area contributed by atoms with E-state index in [0.29, 0.717) is 11.1 Å². The Balaban J connectivity index is 2.51. The van der Waals surface area contributed by atoms with E-state index in [1.54, 1.807) is 0 Å². The van der Waals surface area contributed by atoms with Crippen LogP contribution in [-0.2, 0) is 6.18 Å². The third-order valence-corrected chi connectivity index (χ3v) is 3.15. The first-order valence-electron chi connectivity index (χ1n) is 5.61. The zero-order valence-electron chi connectivity index (χ0n) is 10.3. The van der Waals surface area contributed by atoms with E-state index >= 15 is 0 Å². The molecule has 0 heterocycles. The summed E-state index contributed by atoms with van der Waals surface area (Å²) in [6.45, 7) is 0. The number of alkyl halides is 3. The van der Waals surface area contributed by atoms with Gasteiger partial charge in [-0.1, -0.05) is 23.7 Å². The lowest BCUT2D eigenvalue weighted by Crippen LogP contribution is -2.05. The van der Waals surface area contributed by atoms with E-state index in [0.717, 1.165) is 12.1 Å². The van der Waals surface area contributed by atoms with Gasteiger partial charge in [0, 0.05) is 6.07 Å². The molecule has 2 aromatic rings. The molecule has 0 aliphatic rings. The van der Waals surface area contributed by atoms with Gasteiger partial charge in [-0.15, -0.1) is 0 Å². The molecule has 0 aromatic heterocycles. The van der Waals surface area contributed by atoms with Gasteiger partial charge in [-0.3, -0.25) is 10.1 Å². The Hall–Kier alpha value is -2.28. The molecule has 0 radical (unpaired) electrons. The minimum Gasteiger partial charge on any atom is -0.393 e. The summed E-state index contributed by atoms with van der Waals surface area (Å²) in [6.07, 6.45) is -4.55. The number of benzene rings is 2. The van der Waals surface area contributed by atoms with E-state index in [2.05, 4.69) is 0 Å². The third-order valence-electron chi connectivity index (χ3n) is 2.83. The summed E-state index contributed by atoms with van der Waals surface area (Å²) in [5, 5.41) is 10.3. The van der Waals surface area contributed by atoms with Crippen LogP contribution in [0.25, 0.3) is 11.1 Å². The van der Waals surface area contributed by atoms with Gasteiger partial charge in [0.1, 0.15) is 5.69 Å². The second-order valence-corrected chi connectivity index (χ2v) is 4.63. The fourth-order valence-corrected chi connectivity index (χ4v) is 2.09. The quantitative estimate of drug-likeness (QED) is 0.503. The molecule has 21 heavy (non-hydrogen) atoms. The maximum atomic E-state index is 12.6. The van der Waals surface area contributed by atoms with Crippen LogP contribution < -0.4 is 5.73 Å². The number of hydrogen-bond acceptors (Lipinski definition) is 3. The van der Waals surface area contributed by atoms with Crippen LogP contribution in [0.1, 0.15) is 5.56 Å². The minimum absolute atomic E-state index is 0.0261. The molecule has 110 valence electrons. The number of nitrogens with zero attached hydrogens (tertiary/aromatic N) is 1. The second kappa shape index (κ2) is 5.25. The molecule has 4 nitrogen and oxygen atoms in total. The van der Waals surface area contributed by atoms with Gasteiger partial charge < -0.3 is 5.73 Å². The zero-order valence-corrected chi connectivity index (χ0v) is 11.1. The van der Waals surface area contributed by atoms with E-state index < -0.39 is 21.7 Å². The predicted molar refractivity (Wildman–Crippen MR) is 73.0 cm³/mol. The van der Waals surface area contributed by atoms with Crippen LogP contribution in [0.15, 0.2) is 36.4 Å². The maximum Gasteiger partial charge on any atom is 0.417 e. The van der Waals surface area contributed by atoms with Gasteiger partial charge in [-0.05, 0) is 29.3 Å². The van der Waals surface area contributed by atoms with Crippen molar-refractivity contribution in [3.8, 4) is 11.1 Å². The molecule has 0 saturated carbocycles. The smallest absolute Gasteiger partial charge is 0.393 e. The molecule has 0 unspecified atom stereocenters. The van der Waals surface area contributed by atoms with Crippen LogP contribution in [0.2, 0.25) is 5.02 Å². The highest BCUT2D eigenvalue weighted by atomic mass is 35.5. The van der Waals surface area contributed by atoms with Crippen molar-refractivity contribution < 1.29 is 18.1 Å². The maximum absolute atomic E-state index is 12.6. The van der Waals surface area contributed by atoms with E-state index in [9.17, 15) is 23.3 Å². The molecular formula is C13H8ClF3N2O2. The summed E-state index contributed by atoms with van der Waals surface area (Å²) >= 11 is 5.62. The first kappa shape index (κ1) is 15.1. The summed E-state index contributed by atoms with van der Waals surface area (Å²) in [4.78, 5) is 10.1. The zero-order chi connectivity index (χ0) is 15.8. The normalized spacial score (nSPS) is 11.4. The molecule has 0 spiro atoms. The minimum atomic E-state index is -4.55. The van der Waals surface area contributed by atoms with Crippen molar-refractivity contribution >= 4 is 23.0 Å². The van der Waals surface area contributed by atoms with Gasteiger partial charge in [0.15, 0.2) is 0 Å². The van der Waals surface area contributed by atoms with Crippen LogP contribution in [0.5, 0.6) is 0 Å². The fraction of sp³-hybridized carbons (Fsp3) is 0.0769. The Kier molecular flexibility index (Phi) is 3.78. The molecule has 2 aromatic carbocycles. The van der Waals surface area contributed by atoms with Crippen LogP contribution in [-0.4, -0.2) is 4.92 Å². The van der Waals surface area contributed by atoms with Crippen LogP contribution in [0, 0.1) is 10.1 Å². The average molecular weight is 317 g/mol. The lowest BCUT2D eigenvalue weighted by molar-refractivity contribution is -0.383. The van der Waals surface area contributed by atoms with Gasteiger partial charge in [0.2, 0.25) is 0 Å². The van der Waals surface area contributed by atoms with Crippen LogP contribution in [0.3, 0.4) is 0 Å². The van der Waals surface area contributed by atoms with Gasteiger partial charge in [-0.25, -0.2) is 0 Å². The number of nitrogens with two attached hydrogens (primary N) is 1. The summed E-state index contributed by atoms with van der Waals surface area (Å²) in [5.41, 5.74) is 4.84. The van der Waals surface area contributed by atoms with Gasteiger partial charge in [0.05, 0.1) is 15.5 Å². The Labute approximate surface area is 122 Å². The number of nitro groups is 1. The Morgan fingerprint density at radius 1 is 1.10 bits per heavy atom. The van der Waals surface area contributed by atoms with Crippen molar-refractivity contribution in [1.82, 2.24) is 0 Å². The average Bonchev–Trinajstić information content (AvgIpc) is 2.37. The van der Waals surface area contributed by atoms with Crippen molar-refractivity contribution in [2.45, 2.75) is 6.18 Å². The van der Waals surface area contributed by atoms with Gasteiger partial charge in [-0.2, -0.15) is 13.2 Å². The molecule has 2 rings (SSSR count). The Morgan fingerprint density at radius 3 is 2.19 bits per heavy atom. The SMILES string of the molecule is Nc1ccc(-c2ccc(C(F)(F)F)c(Cl)c2)cc1[N+](=O)[O-]. The largest absolute Gasteiger partial charge is 0.417 e. The third kappa shape index (κ3) is 3.08. The fourth-order valence-electron chi connectivity index (χ4n) is 1.81. The van der Waals surface area contributed by atoms with E-state index in [4.69, 9.17) is 17.3 Å². The Bertz CT molecular complexity index is 717. The van der Waals surface area contributed by atoms with E-state index in [1.165, 1.54) is 24.3 Å². The van der Waals surface area contributed by atoms with Crippen molar-refractivity contribution in [2.75, 3.05) is 5.73 Å². The van der Waals surface area contributed by atoms with E-state index in [1.807, 2.05) is 0 Å². The lowest BCUT2D eigenvalue weighted by Gasteiger charge is -2.10. The van der Waals surface area contributed by atoms with Crippen molar-refractivity contribution in [2.24, 2.45) is 0 Å². The summed E-state index contributed by atoms with van der Waals surface area (Å²) in [7, 11) is 0. The molecule has 0 fully saturated rings. The highest BCUT2D eigenvalue weighted by Gasteiger charge is 2.33. The number of rotatable bonds is 2. The standard InChI is InChI=1S/C13H8ClF3N2O2/c14-10-5-7(1-3-9(10)13(15,16)17)8-2-4-11(18)12(6-8)19(20)21/h1-6H,18H2. The molecule has 0 aliphatic heterocycles. The van der Waals surface area contributed by atoms with Gasteiger partial charge in [0.25, 0.3) is 5.69 Å². The van der Waals surface area contributed by atoms with Crippen LogP contribution in [0.4, 0.5) is 24.5 Å². The first-order valence-corrected chi connectivity index (χ1v) is 5.99. The molecular weight excluding hydrogens is 309 g/mol. The lowest BCUT2D eigenvalue weighted by atomic mass is 10.0. The molecule has 0 atom stereocenters. The summed E-state index contributed by atoms with van der Waals surface area (Å²) in [6, 6.07) is 7.12. The molecule has 0 amide bonds. The van der Waals surface area contributed by atoms with Crippen molar-refractivity contribution in [1.29, 1.82) is 0 Å². The molecule has 0 saturated heterocycles.